The predicted molar refractivity (Wildman–Crippen MR) is 69.3 cm³/mol. The molecular weight excluding hydrogens is 295 g/mol. The Morgan fingerprint density at radius 3 is 2.40 bits per heavy atom. The smallest absolute Gasteiger partial charge is 0.870 e. The Morgan fingerprint density at radius 2 is 1.85 bits per heavy atom. The van der Waals surface area contributed by atoms with Gasteiger partial charge in [-0.1, -0.05) is 6.07 Å². The van der Waals surface area contributed by atoms with Crippen molar-refractivity contribution in [1.82, 2.24) is 0 Å². The predicted octanol–water partition coefficient (Wildman–Crippen LogP) is -1.43. The molecule has 0 aliphatic rings. The van der Waals surface area contributed by atoms with Gasteiger partial charge in [-0.2, -0.15) is 8.42 Å². The molecule has 1 rings (SSSR count). The Balaban J connectivity index is 0. The van der Waals surface area contributed by atoms with Gasteiger partial charge in [0.2, 0.25) is 0 Å². The Labute approximate surface area is 142 Å². The van der Waals surface area contributed by atoms with Gasteiger partial charge in [-0.15, -0.1) is 0 Å². The molecule has 0 bridgehead atoms. The van der Waals surface area contributed by atoms with Crippen molar-refractivity contribution in [3.63, 3.8) is 0 Å². The first-order valence-corrected chi connectivity index (χ1v) is 7.04. The Kier molecular flexibility index (Phi) is 11.7. The number of ether oxygens (including phenoxy) is 2. The molecule has 0 radical (unpaired) electrons. The third-order valence-corrected chi connectivity index (χ3v) is 3.64. The number of hydrogen-bond acceptors (Lipinski definition) is 6. The summed E-state index contributed by atoms with van der Waals surface area (Å²) in [7, 11) is -2.12. The zero-order valence-electron chi connectivity index (χ0n) is 12.3. The third-order valence-electron chi connectivity index (χ3n) is 2.27. The molecule has 1 N–H and O–H groups in total. The third kappa shape index (κ3) is 6.53. The summed E-state index contributed by atoms with van der Waals surface area (Å²) < 4.78 is 38.5. The van der Waals surface area contributed by atoms with Gasteiger partial charge >= 0.3 is 29.6 Å². The zero-order valence-corrected chi connectivity index (χ0v) is 15.1. The van der Waals surface area contributed by atoms with E-state index < -0.39 is 10.1 Å². The van der Waals surface area contributed by atoms with E-state index >= 15 is 0 Å². The average molecular weight is 314 g/mol. The normalized spacial score (nSPS) is 10.3. The fourth-order valence-corrected chi connectivity index (χ4v) is 2.28. The van der Waals surface area contributed by atoms with E-state index in [2.05, 4.69) is 0 Å². The van der Waals surface area contributed by atoms with E-state index in [1.54, 1.807) is 20.1 Å². The molecule has 0 saturated carbocycles. The second kappa shape index (κ2) is 10.6. The van der Waals surface area contributed by atoms with Crippen LogP contribution in [-0.4, -0.2) is 40.8 Å². The van der Waals surface area contributed by atoms with Crippen LogP contribution in [0.5, 0.6) is 5.75 Å². The summed E-state index contributed by atoms with van der Waals surface area (Å²) in [5.74, 6) is 0.521. The zero-order chi connectivity index (χ0) is 13.6. The standard InChI is InChI=1S/C12H18O5S.Na.H2O/c1-4-17-18(13,14)11-6-5-10(2)12(9-11)16-8-7-15-3;;/h5-6,9H,4,7-8H2,1-3H3;;1H2/q;+1;/p-1. The van der Waals surface area contributed by atoms with Crippen molar-refractivity contribution in [2.75, 3.05) is 26.9 Å². The van der Waals surface area contributed by atoms with Crippen molar-refractivity contribution < 1.29 is 57.1 Å². The fourth-order valence-electron chi connectivity index (χ4n) is 1.35. The summed E-state index contributed by atoms with van der Waals surface area (Å²) >= 11 is 0. The molecule has 20 heavy (non-hydrogen) atoms. The molecule has 0 heterocycles. The van der Waals surface area contributed by atoms with Gasteiger partial charge in [0.25, 0.3) is 10.1 Å². The number of rotatable bonds is 7. The number of methoxy groups -OCH3 is 1. The van der Waals surface area contributed by atoms with E-state index in [0.717, 1.165) is 5.56 Å². The summed E-state index contributed by atoms with van der Waals surface area (Å²) in [6.07, 6.45) is 0. The molecule has 0 fully saturated rings. The van der Waals surface area contributed by atoms with Gasteiger partial charge in [-0.3, -0.25) is 4.18 Å². The number of hydrogen-bond donors (Lipinski definition) is 0. The van der Waals surface area contributed by atoms with E-state index in [4.69, 9.17) is 13.7 Å². The van der Waals surface area contributed by atoms with Crippen molar-refractivity contribution in [2.45, 2.75) is 18.7 Å². The van der Waals surface area contributed by atoms with Gasteiger partial charge in [0.1, 0.15) is 12.4 Å². The summed E-state index contributed by atoms with van der Waals surface area (Å²) in [5.41, 5.74) is 0.863. The molecule has 0 saturated heterocycles. The fraction of sp³-hybridized carbons (Fsp3) is 0.500. The molecule has 1 aromatic carbocycles. The number of aryl methyl sites for hydroxylation is 1. The summed E-state index contributed by atoms with van der Waals surface area (Å²) in [6, 6.07) is 4.66. The van der Waals surface area contributed by atoms with Crippen LogP contribution in [0.15, 0.2) is 23.1 Å². The number of benzene rings is 1. The van der Waals surface area contributed by atoms with E-state index in [0.29, 0.717) is 19.0 Å². The largest absolute Gasteiger partial charge is 1.00 e. The first-order chi connectivity index (χ1) is 8.51. The van der Waals surface area contributed by atoms with Crippen LogP contribution in [0.1, 0.15) is 12.5 Å². The minimum absolute atomic E-state index is 0. The maximum Gasteiger partial charge on any atom is 1.00 e. The van der Waals surface area contributed by atoms with Gasteiger partial charge in [-0.05, 0) is 25.5 Å². The van der Waals surface area contributed by atoms with Crippen LogP contribution in [0.3, 0.4) is 0 Å². The SMILES string of the molecule is CCOS(=O)(=O)c1ccc(C)c(OCCOC)c1.[Na+].[OH-]. The molecule has 0 spiro atoms. The maximum atomic E-state index is 11.7. The first-order valence-electron chi connectivity index (χ1n) is 5.63. The summed E-state index contributed by atoms with van der Waals surface area (Å²) in [6.45, 7) is 4.40. The van der Waals surface area contributed by atoms with Crippen LogP contribution in [-0.2, 0) is 19.0 Å². The summed E-state index contributed by atoms with van der Waals surface area (Å²) in [5, 5.41) is 0. The van der Waals surface area contributed by atoms with Crippen molar-refractivity contribution in [2.24, 2.45) is 0 Å². The average Bonchev–Trinajstić information content (AvgIpc) is 2.31. The van der Waals surface area contributed by atoms with E-state index in [-0.39, 0.29) is 46.5 Å². The molecule has 6 nitrogen and oxygen atoms in total. The molecule has 0 unspecified atom stereocenters. The second-order valence-corrected chi connectivity index (χ2v) is 5.24. The first kappa shape index (κ1) is 22.1. The van der Waals surface area contributed by atoms with Gasteiger partial charge in [0, 0.05) is 13.2 Å². The Morgan fingerprint density at radius 1 is 1.20 bits per heavy atom. The van der Waals surface area contributed by atoms with Gasteiger partial charge in [0.05, 0.1) is 18.1 Å². The Hall–Kier alpha value is -0.150. The van der Waals surface area contributed by atoms with Gasteiger partial charge < -0.3 is 14.9 Å². The molecule has 0 atom stereocenters. The van der Waals surface area contributed by atoms with E-state index in [1.807, 2.05) is 6.92 Å². The van der Waals surface area contributed by atoms with Crippen molar-refractivity contribution in [3.8, 4) is 5.75 Å². The van der Waals surface area contributed by atoms with Gasteiger partial charge in [0.15, 0.2) is 0 Å². The quantitative estimate of drug-likeness (QED) is 0.348. The molecule has 0 aromatic heterocycles. The molecular formula is C12H19NaO6S. The monoisotopic (exact) mass is 314 g/mol. The van der Waals surface area contributed by atoms with Crippen LogP contribution < -0.4 is 34.3 Å². The van der Waals surface area contributed by atoms with E-state index in [1.165, 1.54) is 12.1 Å². The minimum Gasteiger partial charge on any atom is -0.870 e. The van der Waals surface area contributed by atoms with Crippen LogP contribution in [0.2, 0.25) is 0 Å². The topological polar surface area (TPSA) is 91.8 Å². The molecule has 0 aliphatic heterocycles. The van der Waals surface area contributed by atoms with Crippen LogP contribution in [0.4, 0.5) is 0 Å². The van der Waals surface area contributed by atoms with Gasteiger partial charge in [-0.25, -0.2) is 0 Å². The maximum absolute atomic E-state index is 11.7. The molecule has 8 heteroatoms. The van der Waals surface area contributed by atoms with Crippen LogP contribution in [0.25, 0.3) is 0 Å². The van der Waals surface area contributed by atoms with Crippen molar-refractivity contribution >= 4 is 10.1 Å². The van der Waals surface area contributed by atoms with Crippen molar-refractivity contribution in [3.05, 3.63) is 23.8 Å². The molecule has 0 aliphatic carbocycles. The van der Waals surface area contributed by atoms with Crippen molar-refractivity contribution in [1.29, 1.82) is 0 Å². The summed E-state index contributed by atoms with van der Waals surface area (Å²) in [4.78, 5) is 0.0994. The second-order valence-electron chi connectivity index (χ2n) is 3.63. The molecule has 110 valence electrons. The molecule has 1 aromatic rings. The van der Waals surface area contributed by atoms with Crippen LogP contribution in [0, 0.1) is 6.92 Å². The van der Waals surface area contributed by atoms with Crippen LogP contribution >= 0.6 is 0 Å². The molecule has 0 amide bonds. The van der Waals surface area contributed by atoms with E-state index in [9.17, 15) is 8.42 Å². The Bertz CT molecular complexity index is 489. The minimum atomic E-state index is -3.69.